The van der Waals surface area contributed by atoms with Crippen molar-refractivity contribution in [1.29, 1.82) is 0 Å². The van der Waals surface area contributed by atoms with Crippen LogP contribution < -0.4 is 14.2 Å². The van der Waals surface area contributed by atoms with Gasteiger partial charge in [-0.2, -0.15) is 0 Å². The number of aliphatic carboxylic acids is 1. The molecule has 1 aliphatic rings. The van der Waals surface area contributed by atoms with E-state index in [-0.39, 0.29) is 0 Å². The Morgan fingerprint density at radius 1 is 1.50 bits per heavy atom. The molecule has 5 nitrogen and oxygen atoms in total. The molecule has 2 rings (SSSR count). The summed E-state index contributed by atoms with van der Waals surface area (Å²) >= 11 is 3.43. The van der Waals surface area contributed by atoms with Crippen molar-refractivity contribution in [2.24, 2.45) is 5.92 Å². The molecule has 0 saturated carbocycles. The maximum Gasteiger partial charge on any atom is 0.306 e. The van der Waals surface area contributed by atoms with Gasteiger partial charge < -0.3 is 19.3 Å². The summed E-state index contributed by atoms with van der Waals surface area (Å²) in [7, 11) is 1.55. The lowest BCUT2D eigenvalue weighted by atomic mass is 9.99. The summed E-state index contributed by atoms with van der Waals surface area (Å²) in [5.74, 6) is 0.435. The third kappa shape index (κ3) is 3.00. The monoisotopic (exact) mass is 344 g/mol. The number of fused-ring (bicyclic) bond motifs is 1. The molecule has 6 heteroatoms. The van der Waals surface area contributed by atoms with Crippen LogP contribution >= 0.6 is 15.9 Å². The van der Waals surface area contributed by atoms with Crippen LogP contribution in [0.4, 0.5) is 0 Å². The van der Waals surface area contributed by atoms with Crippen LogP contribution in [0.25, 0.3) is 0 Å². The van der Waals surface area contributed by atoms with Gasteiger partial charge in [-0.25, -0.2) is 0 Å². The second-order valence-corrected chi connectivity index (χ2v) is 5.55. The third-order valence-corrected chi connectivity index (χ3v) is 3.76. The lowest BCUT2D eigenvalue weighted by molar-refractivity contribution is -0.141. The SMILES string of the molecule is COc1c(Br)cc2c(c1CC(C)C(=O)O)OCCCO2. The molecule has 1 aromatic carbocycles. The Kier molecular flexibility index (Phi) is 4.75. The van der Waals surface area contributed by atoms with E-state index in [1.54, 1.807) is 20.1 Å². The normalized spacial score (nSPS) is 15.3. The number of rotatable bonds is 4. The van der Waals surface area contributed by atoms with Gasteiger partial charge in [0.2, 0.25) is 0 Å². The molecule has 1 unspecified atom stereocenters. The lowest BCUT2D eigenvalue weighted by Crippen LogP contribution is -2.14. The zero-order valence-corrected chi connectivity index (χ0v) is 13.0. The first-order valence-corrected chi connectivity index (χ1v) is 7.21. The predicted octanol–water partition coefficient (Wildman–Crippen LogP) is 2.88. The van der Waals surface area contributed by atoms with E-state index in [0.717, 1.165) is 16.5 Å². The smallest absolute Gasteiger partial charge is 0.306 e. The Labute approximate surface area is 126 Å². The molecule has 110 valence electrons. The molecule has 1 atom stereocenters. The van der Waals surface area contributed by atoms with E-state index in [1.807, 2.05) is 0 Å². The molecule has 0 radical (unpaired) electrons. The van der Waals surface area contributed by atoms with Crippen LogP contribution in [0.15, 0.2) is 10.5 Å². The minimum atomic E-state index is -0.852. The van der Waals surface area contributed by atoms with E-state index in [9.17, 15) is 4.79 Å². The molecule has 1 N–H and O–H groups in total. The van der Waals surface area contributed by atoms with Gasteiger partial charge in [-0.05, 0) is 22.4 Å². The number of hydrogen-bond acceptors (Lipinski definition) is 4. The van der Waals surface area contributed by atoms with Crippen molar-refractivity contribution in [2.45, 2.75) is 19.8 Å². The zero-order chi connectivity index (χ0) is 14.7. The van der Waals surface area contributed by atoms with Crippen LogP contribution in [-0.4, -0.2) is 31.4 Å². The predicted molar refractivity (Wildman–Crippen MR) is 76.8 cm³/mol. The molecule has 0 amide bonds. The minimum absolute atomic E-state index is 0.323. The fourth-order valence-corrected chi connectivity index (χ4v) is 2.73. The number of hydrogen-bond donors (Lipinski definition) is 1. The van der Waals surface area contributed by atoms with E-state index in [2.05, 4.69) is 15.9 Å². The number of halogens is 1. The summed E-state index contributed by atoms with van der Waals surface area (Å²) in [6, 6.07) is 1.80. The van der Waals surface area contributed by atoms with E-state index in [4.69, 9.17) is 19.3 Å². The second-order valence-electron chi connectivity index (χ2n) is 4.69. The molecule has 0 bridgehead atoms. The highest BCUT2D eigenvalue weighted by Gasteiger charge is 2.25. The van der Waals surface area contributed by atoms with Gasteiger partial charge in [0.15, 0.2) is 11.5 Å². The summed E-state index contributed by atoms with van der Waals surface area (Å²) in [5, 5.41) is 9.11. The Morgan fingerprint density at radius 3 is 2.85 bits per heavy atom. The van der Waals surface area contributed by atoms with Crippen LogP contribution in [0.1, 0.15) is 18.9 Å². The van der Waals surface area contributed by atoms with Crippen LogP contribution in [0.3, 0.4) is 0 Å². The Balaban J connectivity index is 2.49. The lowest BCUT2D eigenvalue weighted by Gasteiger charge is -2.18. The number of carbonyl (C=O) groups is 1. The molecular weight excluding hydrogens is 328 g/mol. The Morgan fingerprint density at radius 2 is 2.20 bits per heavy atom. The van der Waals surface area contributed by atoms with Gasteiger partial charge in [-0.3, -0.25) is 4.79 Å². The number of carboxylic acids is 1. The summed E-state index contributed by atoms with van der Waals surface area (Å²) in [6.07, 6.45) is 1.12. The van der Waals surface area contributed by atoms with E-state index in [1.165, 1.54) is 0 Å². The maximum atomic E-state index is 11.1. The van der Waals surface area contributed by atoms with Gasteiger partial charge in [0.25, 0.3) is 0 Å². The van der Waals surface area contributed by atoms with Gasteiger partial charge in [-0.1, -0.05) is 6.92 Å². The quantitative estimate of drug-likeness (QED) is 0.909. The molecule has 0 fully saturated rings. The number of benzene rings is 1. The first-order valence-electron chi connectivity index (χ1n) is 6.42. The summed E-state index contributed by atoms with van der Waals surface area (Å²) in [6.45, 7) is 2.79. The second kappa shape index (κ2) is 6.35. The van der Waals surface area contributed by atoms with Crippen LogP contribution in [-0.2, 0) is 11.2 Å². The van der Waals surface area contributed by atoms with Gasteiger partial charge in [0.05, 0.1) is 30.7 Å². The first kappa shape index (κ1) is 15.0. The molecule has 1 aliphatic heterocycles. The van der Waals surface area contributed by atoms with Crippen molar-refractivity contribution < 1.29 is 24.1 Å². The summed E-state index contributed by atoms with van der Waals surface area (Å²) < 4.78 is 17.5. The highest BCUT2D eigenvalue weighted by Crippen LogP contribution is 2.45. The molecule has 0 spiro atoms. The van der Waals surface area contributed by atoms with Crippen molar-refractivity contribution in [1.82, 2.24) is 0 Å². The first-order chi connectivity index (χ1) is 9.54. The van der Waals surface area contributed by atoms with Gasteiger partial charge >= 0.3 is 5.97 Å². The molecule has 1 heterocycles. The molecule has 0 saturated heterocycles. The molecule has 0 aliphatic carbocycles. The maximum absolute atomic E-state index is 11.1. The summed E-state index contributed by atoms with van der Waals surface area (Å²) in [5.41, 5.74) is 0.730. The summed E-state index contributed by atoms with van der Waals surface area (Å²) in [4.78, 5) is 11.1. The highest BCUT2D eigenvalue weighted by atomic mass is 79.9. The van der Waals surface area contributed by atoms with Crippen LogP contribution in [0.5, 0.6) is 17.2 Å². The minimum Gasteiger partial charge on any atom is -0.495 e. The Bertz CT molecular complexity index is 515. The fraction of sp³-hybridized carbons (Fsp3) is 0.500. The van der Waals surface area contributed by atoms with Gasteiger partial charge in [-0.15, -0.1) is 0 Å². The molecule has 0 aromatic heterocycles. The van der Waals surface area contributed by atoms with E-state index in [0.29, 0.717) is 36.9 Å². The topological polar surface area (TPSA) is 65.0 Å². The van der Waals surface area contributed by atoms with Crippen molar-refractivity contribution in [3.63, 3.8) is 0 Å². The molecule has 1 aromatic rings. The molecular formula is C14H17BrO5. The number of carboxylic acid groups (broad SMARTS) is 1. The Hall–Kier alpha value is -1.43. The van der Waals surface area contributed by atoms with Crippen molar-refractivity contribution in [2.75, 3.05) is 20.3 Å². The standard InChI is InChI=1S/C14H17BrO5/c1-8(14(16)17)6-9-12(18-2)10(15)7-11-13(9)20-5-3-4-19-11/h7-8H,3-6H2,1-2H3,(H,16,17). The van der Waals surface area contributed by atoms with Crippen molar-refractivity contribution in [3.05, 3.63) is 16.1 Å². The molecule has 20 heavy (non-hydrogen) atoms. The number of ether oxygens (including phenoxy) is 3. The van der Waals surface area contributed by atoms with Gasteiger partial charge in [0.1, 0.15) is 5.75 Å². The van der Waals surface area contributed by atoms with Gasteiger partial charge in [0, 0.05) is 18.1 Å². The van der Waals surface area contributed by atoms with Crippen LogP contribution in [0, 0.1) is 5.92 Å². The average Bonchev–Trinajstić information content (AvgIpc) is 2.63. The van der Waals surface area contributed by atoms with E-state index < -0.39 is 11.9 Å². The van der Waals surface area contributed by atoms with Crippen LogP contribution in [0.2, 0.25) is 0 Å². The van der Waals surface area contributed by atoms with Crippen molar-refractivity contribution >= 4 is 21.9 Å². The zero-order valence-electron chi connectivity index (χ0n) is 11.4. The van der Waals surface area contributed by atoms with E-state index >= 15 is 0 Å². The highest BCUT2D eigenvalue weighted by molar-refractivity contribution is 9.10. The third-order valence-electron chi connectivity index (χ3n) is 3.18. The average molecular weight is 345 g/mol. The fourth-order valence-electron chi connectivity index (χ4n) is 2.12. The number of methoxy groups -OCH3 is 1. The van der Waals surface area contributed by atoms with Crippen molar-refractivity contribution in [3.8, 4) is 17.2 Å². The largest absolute Gasteiger partial charge is 0.495 e.